The number of nitrogens with two attached hydrogens (primary N) is 1. The highest BCUT2D eigenvalue weighted by Crippen LogP contribution is 2.18. The molecule has 0 radical (unpaired) electrons. The summed E-state index contributed by atoms with van der Waals surface area (Å²) in [6.45, 7) is 7.76. The second-order valence-corrected chi connectivity index (χ2v) is 2.47. The first-order chi connectivity index (χ1) is 4.63. The molecule has 2 nitrogen and oxygen atoms in total. The minimum atomic E-state index is 0.875. The van der Waals surface area contributed by atoms with Gasteiger partial charge in [-0.25, -0.2) is 5.84 Å². The van der Waals surface area contributed by atoms with Crippen molar-refractivity contribution in [3.8, 4) is 0 Å². The maximum Gasteiger partial charge on any atom is 0.0528 e. The molecule has 1 rings (SSSR count). The maximum absolute atomic E-state index is 5.64. The molecule has 1 aliphatic rings. The molecule has 0 saturated carbocycles. The second kappa shape index (κ2) is 2.31. The van der Waals surface area contributed by atoms with E-state index in [9.17, 15) is 0 Å². The minimum Gasteiger partial charge on any atom is -0.284 e. The molecular formula is C8H12N2. The van der Waals surface area contributed by atoms with Gasteiger partial charge in [0, 0.05) is 5.70 Å². The van der Waals surface area contributed by atoms with Gasteiger partial charge in [-0.2, -0.15) is 0 Å². The highest BCUT2D eigenvalue weighted by molar-refractivity contribution is 5.36. The molecule has 0 aromatic heterocycles. The Morgan fingerprint density at radius 1 is 1.40 bits per heavy atom. The summed E-state index contributed by atoms with van der Waals surface area (Å²) in [6.07, 6.45) is 3.99. The van der Waals surface area contributed by atoms with Crippen LogP contribution in [-0.2, 0) is 0 Å². The summed E-state index contributed by atoms with van der Waals surface area (Å²) in [5.74, 6) is 5.64. The molecule has 0 saturated heterocycles. The van der Waals surface area contributed by atoms with E-state index in [0.717, 1.165) is 17.0 Å². The predicted octanol–water partition coefficient (Wildman–Crippen LogP) is 1.54. The molecule has 54 valence electrons. The van der Waals surface area contributed by atoms with Gasteiger partial charge in [0.1, 0.15) is 0 Å². The first-order valence-electron chi connectivity index (χ1n) is 3.22. The third-order valence-corrected chi connectivity index (χ3v) is 1.70. The van der Waals surface area contributed by atoms with E-state index in [1.165, 1.54) is 0 Å². The fourth-order valence-electron chi connectivity index (χ4n) is 0.825. The fourth-order valence-corrected chi connectivity index (χ4v) is 0.825. The largest absolute Gasteiger partial charge is 0.284 e. The number of nitrogens with zero attached hydrogens (tertiary/aromatic N) is 1. The summed E-state index contributed by atoms with van der Waals surface area (Å²) in [7, 11) is 0. The fraction of sp³-hybridized carbons (Fsp3) is 0.250. The molecule has 10 heavy (non-hydrogen) atoms. The van der Waals surface area contributed by atoms with Gasteiger partial charge in [-0.3, -0.25) is 5.01 Å². The van der Waals surface area contributed by atoms with Gasteiger partial charge in [0.05, 0.1) is 5.70 Å². The average Bonchev–Trinajstić information content (AvgIpc) is 1.93. The van der Waals surface area contributed by atoms with Crippen LogP contribution in [0.1, 0.15) is 13.8 Å². The summed E-state index contributed by atoms with van der Waals surface area (Å²) in [6, 6.07) is 0. The van der Waals surface area contributed by atoms with Crippen molar-refractivity contribution in [3.05, 3.63) is 35.7 Å². The molecule has 0 fully saturated rings. The topological polar surface area (TPSA) is 29.3 Å². The van der Waals surface area contributed by atoms with Gasteiger partial charge >= 0.3 is 0 Å². The second-order valence-electron chi connectivity index (χ2n) is 2.47. The lowest BCUT2D eigenvalue weighted by atomic mass is 10.1. The van der Waals surface area contributed by atoms with Crippen LogP contribution in [0.3, 0.4) is 0 Å². The maximum atomic E-state index is 5.64. The van der Waals surface area contributed by atoms with Crippen molar-refractivity contribution in [3.63, 3.8) is 0 Å². The van der Waals surface area contributed by atoms with E-state index in [0.29, 0.717) is 0 Å². The molecule has 2 N–H and O–H groups in total. The van der Waals surface area contributed by atoms with Crippen molar-refractivity contribution in [1.82, 2.24) is 5.01 Å². The first kappa shape index (κ1) is 7.09. The van der Waals surface area contributed by atoms with Crippen LogP contribution < -0.4 is 5.84 Å². The number of hydrogen-bond donors (Lipinski definition) is 1. The van der Waals surface area contributed by atoms with Crippen LogP contribution in [0.15, 0.2) is 35.7 Å². The highest BCUT2D eigenvalue weighted by atomic mass is 15.4. The molecular weight excluding hydrogens is 124 g/mol. The van der Waals surface area contributed by atoms with E-state index in [-0.39, 0.29) is 0 Å². The van der Waals surface area contributed by atoms with E-state index in [2.05, 4.69) is 6.58 Å². The summed E-state index contributed by atoms with van der Waals surface area (Å²) >= 11 is 0. The third kappa shape index (κ3) is 0.977. The van der Waals surface area contributed by atoms with Crippen LogP contribution in [0.5, 0.6) is 0 Å². The molecule has 0 aromatic carbocycles. The van der Waals surface area contributed by atoms with Crippen molar-refractivity contribution in [1.29, 1.82) is 0 Å². The minimum absolute atomic E-state index is 0.875. The SMILES string of the molecule is C=C1C(C)=CC=C(C)N1N. The van der Waals surface area contributed by atoms with Crippen molar-refractivity contribution in [2.24, 2.45) is 5.84 Å². The lowest BCUT2D eigenvalue weighted by molar-refractivity contribution is 0.455. The molecule has 1 heterocycles. The van der Waals surface area contributed by atoms with Crippen LogP contribution >= 0.6 is 0 Å². The Balaban J connectivity index is 2.97. The highest BCUT2D eigenvalue weighted by Gasteiger charge is 2.08. The monoisotopic (exact) mass is 136 g/mol. The molecule has 1 aliphatic heterocycles. The van der Waals surface area contributed by atoms with Crippen LogP contribution in [0, 0.1) is 0 Å². The Morgan fingerprint density at radius 3 is 2.50 bits per heavy atom. The normalized spacial score (nSPS) is 18.7. The number of hydrazine groups is 1. The summed E-state index contributed by atoms with van der Waals surface area (Å²) in [4.78, 5) is 0. The Kier molecular flexibility index (Phi) is 1.64. The van der Waals surface area contributed by atoms with E-state index in [1.807, 2.05) is 26.0 Å². The predicted molar refractivity (Wildman–Crippen MR) is 42.7 cm³/mol. The molecule has 0 amide bonds. The summed E-state index contributed by atoms with van der Waals surface area (Å²) < 4.78 is 0. The average molecular weight is 136 g/mol. The van der Waals surface area contributed by atoms with Crippen LogP contribution in [-0.4, -0.2) is 5.01 Å². The van der Waals surface area contributed by atoms with Crippen LogP contribution in [0.25, 0.3) is 0 Å². The molecule has 0 unspecified atom stereocenters. The lowest BCUT2D eigenvalue weighted by Crippen LogP contribution is -2.29. The Morgan fingerprint density at radius 2 is 2.00 bits per heavy atom. The number of hydrogen-bond acceptors (Lipinski definition) is 2. The van der Waals surface area contributed by atoms with Crippen molar-refractivity contribution in [2.45, 2.75) is 13.8 Å². The van der Waals surface area contributed by atoms with Gasteiger partial charge in [0.25, 0.3) is 0 Å². The van der Waals surface area contributed by atoms with Gasteiger partial charge in [0.15, 0.2) is 0 Å². The Labute approximate surface area is 61.3 Å². The zero-order chi connectivity index (χ0) is 7.72. The molecule has 0 aromatic rings. The molecule has 2 heteroatoms. The zero-order valence-electron chi connectivity index (χ0n) is 6.39. The smallest absolute Gasteiger partial charge is 0.0528 e. The van der Waals surface area contributed by atoms with Gasteiger partial charge < -0.3 is 0 Å². The molecule has 0 atom stereocenters. The van der Waals surface area contributed by atoms with E-state index >= 15 is 0 Å². The van der Waals surface area contributed by atoms with Crippen LogP contribution in [0.2, 0.25) is 0 Å². The van der Waals surface area contributed by atoms with Gasteiger partial charge in [0.2, 0.25) is 0 Å². The van der Waals surface area contributed by atoms with Crippen molar-refractivity contribution < 1.29 is 0 Å². The molecule has 0 aliphatic carbocycles. The lowest BCUT2D eigenvalue weighted by Gasteiger charge is -2.24. The van der Waals surface area contributed by atoms with Crippen molar-refractivity contribution in [2.75, 3.05) is 0 Å². The number of allylic oxidation sites excluding steroid dienone is 4. The van der Waals surface area contributed by atoms with E-state index in [4.69, 9.17) is 5.84 Å². The Bertz CT molecular complexity index is 221. The summed E-state index contributed by atoms with van der Waals surface area (Å²) in [5.41, 5.74) is 3.02. The Hall–Kier alpha value is -1.02. The molecule has 0 spiro atoms. The van der Waals surface area contributed by atoms with Gasteiger partial charge in [-0.05, 0) is 25.5 Å². The van der Waals surface area contributed by atoms with Gasteiger partial charge in [-0.1, -0.05) is 12.7 Å². The molecule has 0 bridgehead atoms. The quantitative estimate of drug-likeness (QED) is 0.512. The van der Waals surface area contributed by atoms with E-state index in [1.54, 1.807) is 5.01 Å². The third-order valence-electron chi connectivity index (χ3n) is 1.70. The zero-order valence-corrected chi connectivity index (χ0v) is 6.39. The van der Waals surface area contributed by atoms with Crippen molar-refractivity contribution >= 4 is 0 Å². The van der Waals surface area contributed by atoms with Crippen LogP contribution in [0.4, 0.5) is 0 Å². The number of rotatable bonds is 0. The van der Waals surface area contributed by atoms with E-state index < -0.39 is 0 Å². The first-order valence-corrected chi connectivity index (χ1v) is 3.22. The summed E-state index contributed by atoms with van der Waals surface area (Å²) in [5, 5.41) is 1.59. The standard InChI is InChI=1S/C8H12N2/c1-6-4-5-7(2)10(9)8(6)3/h4-5H,3,9H2,1-2H3. The van der Waals surface area contributed by atoms with Gasteiger partial charge in [-0.15, -0.1) is 0 Å².